The number of likely N-dealkylation sites (tertiary alicyclic amines) is 1. The maximum absolute atomic E-state index is 12.7. The molecule has 2 aliphatic rings. The van der Waals surface area contributed by atoms with Gasteiger partial charge in [0.1, 0.15) is 11.8 Å². The topological polar surface area (TPSA) is 76.5 Å². The average Bonchev–Trinajstić information content (AvgIpc) is 3.24. The Morgan fingerprint density at radius 3 is 2.62 bits per heavy atom. The number of amides is 2. The normalized spacial score (nSPS) is 21.8. The molecule has 0 saturated carbocycles. The number of nitrogens with zero attached hydrogens (tertiary/aromatic N) is 3. The summed E-state index contributed by atoms with van der Waals surface area (Å²) in [5.41, 5.74) is 1.18. The van der Waals surface area contributed by atoms with Gasteiger partial charge in [-0.15, -0.1) is 0 Å². The van der Waals surface area contributed by atoms with Crippen LogP contribution in [-0.2, 0) is 16.1 Å². The molecule has 4 rings (SSSR count). The van der Waals surface area contributed by atoms with Crippen molar-refractivity contribution < 1.29 is 14.3 Å². The molecule has 1 aromatic carbocycles. The van der Waals surface area contributed by atoms with Crippen LogP contribution in [0.1, 0.15) is 35.7 Å². The van der Waals surface area contributed by atoms with Crippen LogP contribution in [0.25, 0.3) is 0 Å². The molecule has 1 spiro atoms. The van der Waals surface area contributed by atoms with Gasteiger partial charge in [-0.2, -0.15) is 5.10 Å². The number of aromatic nitrogens is 2. The van der Waals surface area contributed by atoms with E-state index >= 15 is 0 Å². The van der Waals surface area contributed by atoms with Crippen LogP contribution in [-0.4, -0.2) is 51.4 Å². The van der Waals surface area contributed by atoms with E-state index in [9.17, 15) is 9.59 Å². The Balaban J connectivity index is 1.37. The van der Waals surface area contributed by atoms with Crippen molar-refractivity contribution in [1.82, 2.24) is 20.0 Å². The summed E-state index contributed by atoms with van der Waals surface area (Å²) >= 11 is 0. The lowest BCUT2D eigenvalue weighted by atomic mass is 9.99. The van der Waals surface area contributed by atoms with E-state index in [-0.39, 0.29) is 11.8 Å². The maximum Gasteiger partial charge on any atom is 0.253 e. The number of piperidine rings is 1. The molecule has 2 aliphatic heterocycles. The molecular formula is C19H22N4O3. The number of carbonyl (C=O) groups excluding carboxylic acids is 2. The number of hydrogen-bond acceptors (Lipinski definition) is 4. The zero-order valence-electron chi connectivity index (χ0n) is 14.7. The summed E-state index contributed by atoms with van der Waals surface area (Å²) in [7, 11) is 0. The largest absolute Gasteiger partial charge is 0.343 e. The van der Waals surface area contributed by atoms with Crippen LogP contribution in [0.3, 0.4) is 0 Å². The van der Waals surface area contributed by atoms with Crippen molar-refractivity contribution in [3.8, 4) is 0 Å². The van der Waals surface area contributed by atoms with Crippen LogP contribution >= 0.6 is 0 Å². The molecule has 2 amide bonds. The third-order valence-corrected chi connectivity index (χ3v) is 5.09. The summed E-state index contributed by atoms with van der Waals surface area (Å²) < 4.78 is 7.64. The summed E-state index contributed by atoms with van der Waals surface area (Å²) in [4.78, 5) is 26.3. The molecule has 1 aromatic heterocycles. The smallest absolute Gasteiger partial charge is 0.253 e. The minimum atomic E-state index is -0.596. The van der Waals surface area contributed by atoms with E-state index < -0.39 is 11.8 Å². The SMILES string of the molecule is CC1OC2(CCN(C(=O)c3ccc(Cn4cccn4)cc3)CC2)NC1=O. The van der Waals surface area contributed by atoms with Crippen molar-refractivity contribution >= 4 is 11.8 Å². The van der Waals surface area contributed by atoms with E-state index in [2.05, 4.69) is 10.4 Å². The first kappa shape index (κ1) is 16.8. The molecule has 1 N–H and O–H groups in total. The number of carbonyl (C=O) groups is 2. The highest BCUT2D eigenvalue weighted by Gasteiger charge is 2.45. The molecule has 7 nitrogen and oxygen atoms in total. The summed E-state index contributed by atoms with van der Waals surface area (Å²) in [6.45, 7) is 3.58. The van der Waals surface area contributed by atoms with Gasteiger partial charge in [-0.25, -0.2) is 0 Å². The second-order valence-electron chi connectivity index (χ2n) is 6.94. The Morgan fingerprint density at radius 2 is 2.04 bits per heavy atom. The van der Waals surface area contributed by atoms with Gasteiger partial charge in [0.25, 0.3) is 11.8 Å². The Hall–Kier alpha value is -2.67. The van der Waals surface area contributed by atoms with Crippen molar-refractivity contribution in [2.24, 2.45) is 0 Å². The molecule has 1 unspecified atom stereocenters. The van der Waals surface area contributed by atoms with Gasteiger partial charge in [-0.05, 0) is 30.7 Å². The Kier molecular flexibility index (Phi) is 4.24. The lowest BCUT2D eigenvalue weighted by Crippen LogP contribution is -2.53. The fourth-order valence-corrected chi connectivity index (χ4v) is 3.58. The third kappa shape index (κ3) is 3.22. The monoisotopic (exact) mass is 354 g/mol. The molecule has 2 fully saturated rings. The number of hydrogen-bond donors (Lipinski definition) is 1. The molecular weight excluding hydrogens is 332 g/mol. The number of nitrogens with one attached hydrogen (secondary N) is 1. The van der Waals surface area contributed by atoms with Gasteiger partial charge in [0, 0.05) is 43.9 Å². The maximum atomic E-state index is 12.7. The second-order valence-corrected chi connectivity index (χ2v) is 6.94. The summed E-state index contributed by atoms with van der Waals surface area (Å²) in [6, 6.07) is 9.53. The Bertz CT molecular complexity index is 793. The van der Waals surface area contributed by atoms with Crippen LogP contribution in [0.5, 0.6) is 0 Å². The molecule has 2 saturated heterocycles. The van der Waals surface area contributed by atoms with E-state index in [0.29, 0.717) is 38.0 Å². The number of benzene rings is 1. The molecule has 0 radical (unpaired) electrons. The lowest BCUT2D eigenvalue weighted by Gasteiger charge is -2.38. The highest BCUT2D eigenvalue weighted by Crippen LogP contribution is 2.30. The summed E-state index contributed by atoms with van der Waals surface area (Å²) in [6.07, 6.45) is 4.48. The van der Waals surface area contributed by atoms with Gasteiger partial charge in [-0.3, -0.25) is 14.3 Å². The summed E-state index contributed by atoms with van der Waals surface area (Å²) in [5, 5.41) is 7.13. The van der Waals surface area contributed by atoms with Gasteiger partial charge in [0.15, 0.2) is 0 Å². The molecule has 0 bridgehead atoms. The first-order chi connectivity index (χ1) is 12.5. The van der Waals surface area contributed by atoms with E-state index in [4.69, 9.17) is 4.74 Å². The van der Waals surface area contributed by atoms with Gasteiger partial charge in [0.05, 0.1) is 6.54 Å². The first-order valence-corrected chi connectivity index (χ1v) is 8.90. The van der Waals surface area contributed by atoms with Crippen molar-refractivity contribution in [2.75, 3.05) is 13.1 Å². The van der Waals surface area contributed by atoms with Crippen LogP contribution < -0.4 is 5.32 Å². The fourth-order valence-electron chi connectivity index (χ4n) is 3.58. The second kappa shape index (κ2) is 6.57. The minimum Gasteiger partial charge on any atom is -0.343 e. The average molecular weight is 354 g/mol. The van der Waals surface area contributed by atoms with Gasteiger partial charge >= 0.3 is 0 Å². The van der Waals surface area contributed by atoms with Crippen molar-refractivity contribution in [3.63, 3.8) is 0 Å². The van der Waals surface area contributed by atoms with Crippen LogP contribution in [0, 0.1) is 0 Å². The predicted octanol–water partition coefficient (Wildman–Crippen LogP) is 1.40. The highest BCUT2D eigenvalue weighted by molar-refractivity contribution is 5.94. The Labute approximate surface area is 151 Å². The van der Waals surface area contributed by atoms with E-state index in [1.807, 2.05) is 46.1 Å². The zero-order chi connectivity index (χ0) is 18.1. The van der Waals surface area contributed by atoms with Crippen molar-refractivity contribution in [1.29, 1.82) is 0 Å². The fraction of sp³-hybridized carbons (Fsp3) is 0.421. The van der Waals surface area contributed by atoms with Gasteiger partial charge < -0.3 is 15.0 Å². The lowest BCUT2D eigenvalue weighted by molar-refractivity contribution is -0.123. The van der Waals surface area contributed by atoms with Crippen molar-refractivity contribution in [3.05, 3.63) is 53.9 Å². The van der Waals surface area contributed by atoms with Gasteiger partial charge in [0.2, 0.25) is 0 Å². The predicted molar refractivity (Wildman–Crippen MR) is 94.3 cm³/mol. The standard InChI is InChI=1S/C19H22N4O3/c1-14-17(24)21-19(26-14)7-11-22(12-8-19)18(25)16-5-3-15(4-6-16)13-23-10-2-9-20-23/h2-6,9-10,14H,7-8,11-13H2,1H3,(H,21,24). The quantitative estimate of drug-likeness (QED) is 0.904. The van der Waals surface area contributed by atoms with Crippen LogP contribution in [0.4, 0.5) is 0 Å². The molecule has 2 aromatic rings. The molecule has 26 heavy (non-hydrogen) atoms. The van der Waals surface area contributed by atoms with Crippen molar-refractivity contribution in [2.45, 2.75) is 38.1 Å². The minimum absolute atomic E-state index is 0.0165. The number of rotatable bonds is 3. The molecule has 1 atom stereocenters. The van der Waals surface area contributed by atoms with Gasteiger partial charge in [-0.1, -0.05) is 12.1 Å². The van der Waals surface area contributed by atoms with Crippen LogP contribution in [0.15, 0.2) is 42.7 Å². The zero-order valence-corrected chi connectivity index (χ0v) is 14.7. The molecule has 0 aliphatic carbocycles. The number of ether oxygens (including phenoxy) is 1. The molecule has 3 heterocycles. The summed E-state index contributed by atoms with van der Waals surface area (Å²) in [5.74, 6) is -0.0552. The molecule has 7 heteroatoms. The van der Waals surface area contributed by atoms with E-state index in [1.165, 1.54) is 0 Å². The highest BCUT2D eigenvalue weighted by atomic mass is 16.5. The first-order valence-electron chi connectivity index (χ1n) is 8.90. The molecule has 136 valence electrons. The Morgan fingerprint density at radius 1 is 1.31 bits per heavy atom. The van der Waals surface area contributed by atoms with Crippen LogP contribution in [0.2, 0.25) is 0 Å². The third-order valence-electron chi connectivity index (χ3n) is 5.09. The van der Waals surface area contributed by atoms with E-state index in [1.54, 1.807) is 13.1 Å². The van der Waals surface area contributed by atoms with E-state index in [0.717, 1.165) is 5.56 Å².